The van der Waals surface area contributed by atoms with E-state index in [1.54, 1.807) is 31.2 Å². The lowest BCUT2D eigenvalue weighted by molar-refractivity contribution is -0.131. The van der Waals surface area contributed by atoms with Gasteiger partial charge < -0.3 is 5.73 Å². The number of nitrogens with one attached hydrogen (secondary N) is 1. The molecule has 0 bridgehead atoms. The Bertz CT molecular complexity index is 664. The fourth-order valence-corrected chi connectivity index (χ4v) is 2.87. The average molecular weight is 399 g/mol. The first-order chi connectivity index (χ1) is 10.8. The van der Waals surface area contributed by atoms with E-state index in [4.69, 9.17) is 18.0 Å². The molecule has 0 spiro atoms. The maximum Gasteiger partial charge on any atom is 0.269 e. The van der Waals surface area contributed by atoms with Gasteiger partial charge in [0.2, 0.25) is 5.91 Å². The number of nitrogens with zero attached hydrogens (tertiary/aromatic N) is 2. The topological polar surface area (TPSA) is 95.7 Å². The molecule has 1 aromatic rings. The van der Waals surface area contributed by atoms with Gasteiger partial charge in [0.05, 0.1) is 6.42 Å². The predicted octanol–water partition coefficient (Wildman–Crippen LogP) is 0.787. The molecule has 3 N–H and O–H groups in total. The van der Waals surface area contributed by atoms with Crippen molar-refractivity contribution >= 4 is 51.0 Å². The minimum Gasteiger partial charge on any atom is -0.370 e. The van der Waals surface area contributed by atoms with Crippen LogP contribution < -0.4 is 11.2 Å². The van der Waals surface area contributed by atoms with Gasteiger partial charge in [0.15, 0.2) is 5.11 Å². The monoisotopic (exact) mass is 398 g/mol. The molecule has 0 unspecified atom stereocenters. The molecule has 9 heteroatoms. The van der Waals surface area contributed by atoms with Crippen LogP contribution >= 0.6 is 28.1 Å². The van der Waals surface area contributed by atoms with Crippen molar-refractivity contribution in [3.8, 4) is 0 Å². The lowest BCUT2D eigenvalue weighted by Gasteiger charge is -2.23. The van der Waals surface area contributed by atoms with E-state index < -0.39 is 17.9 Å². The molecule has 1 fully saturated rings. The Labute approximate surface area is 146 Å². The van der Waals surface area contributed by atoms with Crippen LogP contribution in [-0.4, -0.2) is 45.3 Å². The maximum absolute atomic E-state index is 12.3. The lowest BCUT2D eigenvalue weighted by Crippen LogP contribution is -2.49. The van der Waals surface area contributed by atoms with E-state index in [0.717, 1.165) is 4.47 Å². The van der Waals surface area contributed by atoms with E-state index in [1.807, 2.05) is 0 Å². The number of halogens is 1. The summed E-state index contributed by atoms with van der Waals surface area (Å²) in [6, 6.07) is 5.78. The molecule has 1 aliphatic rings. The first-order valence-electron chi connectivity index (χ1n) is 6.84. The van der Waals surface area contributed by atoms with Gasteiger partial charge >= 0.3 is 0 Å². The van der Waals surface area contributed by atoms with E-state index >= 15 is 0 Å². The molecule has 122 valence electrons. The summed E-state index contributed by atoms with van der Waals surface area (Å²) in [6.07, 6.45) is -0.226. The van der Waals surface area contributed by atoms with Crippen LogP contribution in [-0.2, 0) is 9.59 Å². The van der Waals surface area contributed by atoms with Crippen LogP contribution in [0.1, 0.15) is 23.7 Å². The van der Waals surface area contributed by atoms with E-state index in [2.05, 4.69) is 21.4 Å². The van der Waals surface area contributed by atoms with Gasteiger partial charge in [-0.25, -0.2) is 5.01 Å². The number of thiocarbonyl (C=S) groups is 1. The van der Waals surface area contributed by atoms with Crippen molar-refractivity contribution in [1.82, 2.24) is 15.3 Å². The number of carbonyl (C=O) groups is 3. The molecule has 0 saturated carbocycles. The first-order valence-corrected chi connectivity index (χ1v) is 8.04. The minimum absolute atomic E-state index is 0.147. The molecule has 1 aromatic carbocycles. The molecule has 1 heterocycles. The van der Waals surface area contributed by atoms with Gasteiger partial charge in [-0.05, 0) is 43.4 Å². The number of carbonyl (C=O) groups excluding carboxylic acids is 3. The van der Waals surface area contributed by atoms with Gasteiger partial charge in [0, 0.05) is 16.6 Å². The van der Waals surface area contributed by atoms with Gasteiger partial charge in [0.25, 0.3) is 11.8 Å². The molecule has 7 nitrogen and oxygen atoms in total. The number of rotatable bonds is 5. The smallest absolute Gasteiger partial charge is 0.269 e. The Morgan fingerprint density at radius 1 is 1.35 bits per heavy atom. The number of primary amides is 1. The van der Waals surface area contributed by atoms with Crippen molar-refractivity contribution < 1.29 is 14.4 Å². The molecule has 23 heavy (non-hydrogen) atoms. The Morgan fingerprint density at radius 3 is 2.48 bits per heavy atom. The molecule has 2 rings (SSSR count). The van der Waals surface area contributed by atoms with Gasteiger partial charge in [-0.2, -0.15) is 0 Å². The van der Waals surface area contributed by atoms with Crippen molar-refractivity contribution in [3.05, 3.63) is 34.3 Å². The van der Waals surface area contributed by atoms with E-state index in [9.17, 15) is 14.4 Å². The normalized spacial score (nSPS) is 17.6. The highest BCUT2D eigenvalue weighted by molar-refractivity contribution is 9.10. The largest absolute Gasteiger partial charge is 0.370 e. The Morgan fingerprint density at radius 2 is 1.96 bits per heavy atom. The number of benzene rings is 1. The highest BCUT2D eigenvalue weighted by atomic mass is 79.9. The number of hydrogen-bond donors (Lipinski definition) is 2. The van der Waals surface area contributed by atoms with Crippen LogP contribution in [0.4, 0.5) is 0 Å². The van der Waals surface area contributed by atoms with Crippen molar-refractivity contribution in [2.24, 2.45) is 5.73 Å². The number of nitrogens with two attached hydrogens (primary N) is 1. The van der Waals surface area contributed by atoms with E-state index in [-0.39, 0.29) is 17.4 Å². The van der Waals surface area contributed by atoms with Crippen LogP contribution in [0.15, 0.2) is 28.7 Å². The summed E-state index contributed by atoms with van der Waals surface area (Å²) < 4.78 is 0.838. The van der Waals surface area contributed by atoms with Crippen molar-refractivity contribution in [3.63, 3.8) is 0 Å². The molecule has 0 aliphatic carbocycles. The summed E-state index contributed by atoms with van der Waals surface area (Å²) >= 11 is 8.50. The molecule has 3 amide bonds. The van der Waals surface area contributed by atoms with Crippen LogP contribution in [0.2, 0.25) is 0 Å². The molecule has 1 saturated heterocycles. The fourth-order valence-electron chi connectivity index (χ4n) is 2.21. The van der Waals surface area contributed by atoms with Crippen LogP contribution in [0, 0.1) is 0 Å². The van der Waals surface area contributed by atoms with Crippen molar-refractivity contribution in [2.45, 2.75) is 19.4 Å². The molecular formula is C14H15BrN4O3S. The number of hydrogen-bond acceptors (Lipinski definition) is 4. The third kappa shape index (κ3) is 3.67. The summed E-state index contributed by atoms with van der Waals surface area (Å²) in [5.74, 6) is -1.43. The summed E-state index contributed by atoms with van der Waals surface area (Å²) in [6.45, 7) is 2.10. The average Bonchev–Trinajstić information content (AvgIpc) is 2.71. The Balaban J connectivity index is 2.22. The maximum atomic E-state index is 12.3. The minimum atomic E-state index is -0.917. The number of amides is 3. The van der Waals surface area contributed by atoms with E-state index in [0.29, 0.717) is 12.1 Å². The van der Waals surface area contributed by atoms with E-state index in [1.165, 1.54) is 9.91 Å². The lowest BCUT2D eigenvalue weighted by atomic mass is 10.2. The van der Waals surface area contributed by atoms with Gasteiger partial charge in [0.1, 0.15) is 6.04 Å². The van der Waals surface area contributed by atoms with Crippen LogP contribution in [0.25, 0.3) is 0 Å². The molecule has 0 radical (unpaired) electrons. The quantitative estimate of drug-likeness (QED) is 0.714. The predicted molar refractivity (Wildman–Crippen MR) is 91.0 cm³/mol. The second-order valence-electron chi connectivity index (χ2n) is 4.87. The van der Waals surface area contributed by atoms with Gasteiger partial charge in [-0.1, -0.05) is 15.9 Å². The number of hydrazine groups is 1. The zero-order valence-corrected chi connectivity index (χ0v) is 14.7. The zero-order chi connectivity index (χ0) is 17.1. The molecule has 1 aliphatic heterocycles. The van der Waals surface area contributed by atoms with Gasteiger partial charge in [-0.3, -0.25) is 24.7 Å². The summed E-state index contributed by atoms with van der Waals surface area (Å²) in [4.78, 5) is 37.1. The standard InChI is InChI=1S/C14H15BrN4O3S/c1-2-18-13(22)10(7-11(16)20)19(14(18)23)17-12(21)8-3-5-9(15)6-4-8/h3-6,10H,2,7H2,1H3,(H2,16,20)(H,17,21)/t10-/m1/s1. The second-order valence-corrected chi connectivity index (χ2v) is 6.15. The first kappa shape index (κ1) is 17.4. The molecule has 0 aromatic heterocycles. The van der Waals surface area contributed by atoms with Crippen molar-refractivity contribution in [1.29, 1.82) is 0 Å². The zero-order valence-electron chi connectivity index (χ0n) is 12.3. The van der Waals surface area contributed by atoms with Crippen LogP contribution in [0.5, 0.6) is 0 Å². The Hall–Kier alpha value is -2.00. The SMILES string of the molecule is CCN1C(=O)[C@@H](CC(N)=O)N(NC(=O)c2ccc(Br)cc2)C1=S. The fraction of sp³-hybridized carbons (Fsp3) is 0.286. The Kier molecular flexibility index (Phi) is 5.32. The molecule has 1 atom stereocenters. The van der Waals surface area contributed by atoms with Crippen LogP contribution in [0.3, 0.4) is 0 Å². The second kappa shape index (κ2) is 7.05. The highest BCUT2D eigenvalue weighted by Crippen LogP contribution is 2.19. The molecular weight excluding hydrogens is 384 g/mol. The number of likely N-dealkylation sites (N-methyl/N-ethyl adjacent to an activating group) is 1. The summed E-state index contributed by atoms with van der Waals surface area (Å²) in [5.41, 5.74) is 8.17. The summed E-state index contributed by atoms with van der Waals surface area (Å²) in [7, 11) is 0. The highest BCUT2D eigenvalue weighted by Gasteiger charge is 2.43. The van der Waals surface area contributed by atoms with Gasteiger partial charge in [-0.15, -0.1) is 0 Å². The third-order valence-electron chi connectivity index (χ3n) is 3.34. The van der Waals surface area contributed by atoms with Crippen molar-refractivity contribution in [2.75, 3.05) is 6.54 Å². The summed E-state index contributed by atoms with van der Waals surface area (Å²) in [5, 5.41) is 1.38. The third-order valence-corrected chi connectivity index (χ3v) is 4.28.